The first-order valence-electron chi connectivity index (χ1n) is 7.99. The van der Waals surface area contributed by atoms with E-state index in [9.17, 15) is 10.1 Å². The number of hydrogen-bond acceptors (Lipinski definition) is 5. The third-order valence-corrected chi connectivity index (χ3v) is 4.57. The molecule has 0 spiro atoms. The van der Waals surface area contributed by atoms with Crippen LogP contribution in [0.5, 0.6) is 5.75 Å². The maximum atomic E-state index is 12.2. The van der Waals surface area contributed by atoms with Crippen LogP contribution in [0.25, 0.3) is 11.3 Å². The van der Waals surface area contributed by atoms with Crippen molar-refractivity contribution in [3.05, 3.63) is 75.6 Å². The highest BCUT2D eigenvalue weighted by Gasteiger charge is 2.17. The Labute approximate surface area is 155 Å². The molecule has 0 bridgehead atoms. The number of nitriles is 1. The molecule has 0 aliphatic rings. The van der Waals surface area contributed by atoms with Crippen LogP contribution in [-0.4, -0.2) is 16.2 Å². The van der Waals surface area contributed by atoms with Crippen molar-refractivity contribution in [2.45, 2.75) is 18.7 Å². The van der Waals surface area contributed by atoms with Crippen molar-refractivity contribution in [3.63, 3.8) is 0 Å². The summed E-state index contributed by atoms with van der Waals surface area (Å²) in [5.74, 6) is 0.581. The number of hydrogen-bond donors (Lipinski definition) is 1. The number of benzene rings is 2. The quantitative estimate of drug-likeness (QED) is 0.549. The molecular weight excluding hydrogens is 346 g/mol. The van der Waals surface area contributed by atoms with Crippen molar-refractivity contribution in [3.8, 4) is 23.1 Å². The number of nitrogens with one attached hydrogen (secondary N) is 1. The molecule has 0 amide bonds. The van der Waals surface area contributed by atoms with E-state index in [-0.39, 0.29) is 5.56 Å². The normalized spacial score (nSPS) is 10.3. The second-order valence-corrected chi connectivity index (χ2v) is 6.42. The fraction of sp³-hybridized carbons (Fsp3) is 0.150. The lowest BCUT2D eigenvalue weighted by Crippen LogP contribution is -2.15. The molecule has 1 heterocycles. The zero-order chi connectivity index (χ0) is 18.5. The van der Waals surface area contributed by atoms with Crippen LogP contribution in [0.3, 0.4) is 0 Å². The molecule has 1 N–H and O–H groups in total. The number of H-pyrrole nitrogens is 1. The van der Waals surface area contributed by atoms with E-state index in [0.717, 1.165) is 11.1 Å². The van der Waals surface area contributed by atoms with E-state index in [1.54, 1.807) is 6.07 Å². The minimum absolute atomic E-state index is 0.0188. The van der Waals surface area contributed by atoms with Gasteiger partial charge in [0.25, 0.3) is 5.56 Å². The van der Waals surface area contributed by atoms with Crippen LogP contribution in [0.1, 0.15) is 16.7 Å². The van der Waals surface area contributed by atoms with E-state index in [0.29, 0.717) is 28.8 Å². The van der Waals surface area contributed by atoms with Gasteiger partial charge in [0.15, 0.2) is 5.16 Å². The van der Waals surface area contributed by atoms with E-state index >= 15 is 0 Å². The zero-order valence-electron chi connectivity index (χ0n) is 14.4. The smallest absolute Gasteiger partial charge is 0.270 e. The molecule has 6 heteroatoms. The van der Waals surface area contributed by atoms with Gasteiger partial charge in [-0.05, 0) is 36.4 Å². The molecule has 2 aromatic carbocycles. The molecule has 1 aromatic heterocycles. The summed E-state index contributed by atoms with van der Waals surface area (Å²) >= 11 is 1.31. The molecule has 0 saturated carbocycles. The number of nitrogens with zero attached hydrogens (tertiary/aromatic N) is 2. The molecule has 5 nitrogen and oxygen atoms in total. The summed E-state index contributed by atoms with van der Waals surface area (Å²) in [5.41, 5.74) is 2.71. The summed E-state index contributed by atoms with van der Waals surface area (Å²) in [4.78, 5) is 19.2. The van der Waals surface area contributed by atoms with Crippen molar-refractivity contribution < 1.29 is 4.74 Å². The van der Waals surface area contributed by atoms with Gasteiger partial charge >= 0.3 is 0 Å². The number of thioether (sulfide) groups is 1. The van der Waals surface area contributed by atoms with E-state index in [1.165, 1.54) is 11.8 Å². The summed E-state index contributed by atoms with van der Waals surface area (Å²) in [7, 11) is 0. The molecule has 0 saturated heterocycles. The molecular formula is C20H17N3O2S. The predicted molar refractivity (Wildman–Crippen MR) is 102 cm³/mol. The summed E-state index contributed by atoms with van der Waals surface area (Å²) in [6.07, 6.45) is 1.81. The van der Waals surface area contributed by atoms with Gasteiger partial charge in [-0.1, -0.05) is 48.2 Å². The van der Waals surface area contributed by atoms with Gasteiger partial charge in [-0.25, -0.2) is 4.98 Å². The Balaban J connectivity index is 2.03. The average Bonchev–Trinajstić information content (AvgIpc) is 2.67. The second-order valence-electron chi connectivity index (χ2n) is 5.62. The van der Waals surface area contributed by atoms with Crippen LogP contribution < -0.4 is 10.3 Å². The van der Waals surface area contributed by atoms with Gasteiger partial charge in [-0.3, -0.25) is 4.79 Å². The molecule has 3 aromatic rings. The summed E-state index contributed by atoms with van der Waals surface area (Å²) in [6, 6.07) is 17.2. The summed E-state index contributed by atoms with van der Waals surface area (Å²) in [6.45, 7) is 2.42. The van der Waals surface area contributed by atoms with Gasteiger partial charge in [0, 0.05) is 5.56 Å². The van der Waals surface area contributed by atoms with Gasteiger partial charge in [-0.15, -0.1) is 0 Å². The molecule has 0 fully saturated rings. The first kappa shape index (κ1) is 17.8. The van der Waals surface area contributed by atoms with Crippen LogP contribution >= 0.6 is 11.8 Å². The molecule has 0 radical (unpaired) electrons. The van der Waals surface area contributed by atoms with E-state index in [2.05, 4.69) is 9.97 Å². The van der Waals surface area contributed by atoms with Crippen LogP contribution in [0.15, 0.2) is 58.5 Å². The molecule has 26 heavy (non-hydrogen) atoms. The lowest BCUT2D eigenvalue weighted by molar-refractivity contribution is 0.306. The highest BCUT2D eigenvalue weighted by molar-refractivity contribution is 7.98. The maximum absolute atomic E-state index is 12.2. The Morgan fingerprint density at radius 2 is 1.92 bits per heavy atom. The van der Waals surface area contributed by atoms with Crippen LogP contribution in [-0.2, 0) is 6.61 Å². The minimum Gasteiger partial charge on any atom is -0.488 e. The standard InChI is InChI=1S/C20H17N3O2S/c1-13-7-3-4-8-14(13)12-25-17-10-6-5-9-15(17)18-16(11-21)19(24)23-20(22-18)26-2/h3-10H,12H2,1-2H3,(H,22,23,24). The lowest BCUT2D eigenvalue weighted by Gasteiger charge is -2.13. The second kappa shape index (κ2) is 7.89. The molecule has 0 aliphatic carbocycles. The first-order chi connectivity index (χ1) is 12.6. The third-order valence-electron chi connectivity index (χ3n) is 3.99. The number of rotatable bonds is 5. The number of aryl methyl sites for hydroxylation is 1. The van der Waals surface area contributed by atoms with Crippen LogP contribution in [0.2, 0.25) is 0 Å². The van der Waals surface area contributed by atoms with Crippen molar-refractivity contribution >= 4 is 11.8 Å². The molecule has 0 unspecified atom stereocenters. The number of aromatic amines is 1. The average molecular weight is 363 g/mol. The number of ether oxygens (including phenoxy) is 1. The predicted octanol–water partition coefficient (Wildman–Crippen LogP) is 3.92. The Morgan fingerprint density at radius 1 is 1.19 bits per heavy atom. The van der Waals surface area contributed by atoms with Crippen LogP contribution in [0.4, 0.5) is 0 Å². The van der Waals surface area contributed by atoms with Gasteiger partial charge in [0.05, 0.1) is 0 Å². The van der Waals surface area contributed by atoms with E-state index in [1.807, 2.05) is 61.7 Å². The van der Waals surface area contributed by atoms with Crippen molar-refractivity contribution in [1.82, 2.24) is 9.97 Å². The fourth-order valence-electron chi connectivity index (χ4n) is 2.56. The fourth-order valence-corrected chi connectivity index (χ4v) is 2.94. The topological polar surface area (TPSA) is 78.8 Å². The van der Waals surface area contributed by atoms with Gasteiger partial charge < -0.3 is 9.72 Å². The van der Waals surface area contributed by atoms with E-state index < -0.39 is 5.56 Å². The van der Waals surface area contributed by atoms with Gasteiger partial charge in [0.1, 0.15) is 29.7 Å². The first-order valence-corrected chi connectivity index (χ1v) is 9.21. The number of aromatic nitrogens is 2. The molecule has 130 valence electrons. The Morgan fingerprint density at radius 3 is 2.65 bits per heavy atom. The van der Waals surface area contributed by atoms with Crippen molar-refractivity contribution in [1.29, 1.82) is 5.26 Å². The van der Waals surface area contributed by atoms with Gasteiger partial charge in [-0.2, -0.15) is 5.26 Å². The maximum Gasteiger partial charge on any atom is 0.270 e. The molecule has 0 aliphatic heterocycles. The largest absolute Gasteiger partial charge is 0.488 e. The summed E-state index contributed by atoms with van der Waals surface area (Å²) in [5, 5.41) is 9.86. The monoisotopic (exact) mass is 363 g/mol. The lowest BCUT2D eigenvalue weighted by atomic mass is 10.1. The molecule has 3 rings (SSSR count). The third kappa shape index (κ3) is 3.63. The minimum atomic E-state index is -0.449. The zero-order valence-corrected chi connectivity index (χ0v) is 15.3. The molecule has 0 atom stereocenters. The van der Waals surface area contributed by atoms with E-state index in [4.69, 9.17) is 4.74 Å². The Kier molecular flexibility index (Phi) is 5.40. The highest BCUT2D eigenvalue weighted by Crippen LogP contribution is 2.31. The van der Waals surface area contributed by atoms with Crippen molar-refractivity contribution in [2.75, 3.05) is 6.26 Å². The Bertz CT molecular complexity index is 1040. The van der Waals surface area contributed by atoms with Crippen LogP contribution in [0, 0.1) is 18.3 Å². The Hall–Kier alpha value is -3.04. The number of para-hydroxylation sites is 1. The van der Waals surface area contributed by atoms with Crippen molar-refractivity contribution in [2.24, 2.45) is 0 Å². The highest BCUT2D eigenvalue weighted by atomic mass is 32.2. The van der Waals surface area contributed by atoms with Gasteiger partial charge in [0.2, 0.25) is 0 Å². The summed E-state index contributed by atoms with van der Waals surface area (Å²) < 4.78 is 6.00. The SMILES string of the molecule is CSc1nc(-c2ccccc2OCc2ccccc2C)c(C#N)c(=O)[nH]1.